The molecule has 1 unspecified atom stereocenters. The first-order valence-corrected chi connectivity index (χ1v) is 8.56. The van der Waals surface area contributed by atoms with Crippen LogP contribution in [-0.4, -0.2) is 67.2 Å². The van der Waals surface area contributed by atoms with Gasteiger partial charge in [-0.25, -0.2) is 4.98 Å². The van der Waals surface area contributed by atoms with Gasteiger partial charge in [0, 0.05) is 21.1 Å². The molecule has 0 fully saturated rings. The minimum atomic E-state index is -1.05. The molecule has 28 heavy (non-hydrogen) atoms. The van der Waals surface area contributed by atoms with Crippen molar-refractivity contribution in [3.05, 3.63) is 29.2 Å². The van der Waals surface area contributed by atoms with Crippen LogP contribution in [0.1, 0.15) is 21.9 Å². The van der Waals surface area contributed by atoms with Crippen molar-refractivity contribution >= 4 is 23.9 Å². The number of ether oxygens (including phenoxy) is 3. The van der Waals surface area contributed by atoms with Crippen molar-refractivity contribution in [1.82, 2.24) is 14.5 Å². The van der Waals surface area contributed by atoms with Crippen LogP contribution in [0, 0.1) is 0 Å². The first kappa shape index (κ1) is 19.6. The van der Waals surface area contributed by atoms with Gasteiger partial charge in [0.05, 0.1) is 21.3 Å². The Morgan fingerprint density at radius 1 is 1.00 bits per heavy atom. The monoisotopic (exact) mass is 388 g/mol. The van der Waals surface area contributed by atoms with Gasteiger partial charge in [-0.2, -0.15) is 0 Å². The van der Waals surface area contributed by atoms with E-state index in [0.717, 1.165) is 5.56 Å². The van der Waals surface area contributed by atoms with E-state index in [0.29, 0.717) is 34.6 Å². The summed E-state index contributed by atoms with van der Waals surface area (Å²) in [6.07, 6.45) is 2.57. The number of anilines is 1. The van der Waals surface area contributed by atoms with Crippen LogP contribution >= 0.6 is 0 Å². The molecule has 150 valence electrons. The van der Waals surface area contributed by atoms with Gasteiger partial charge < -0.3 is 28.8 Å². The number of carbonyl (C=O) groups is 1. The average Bonchev–Trinajstić information content (AvgIpc) is 3.04. The van der Waals surface area contributed by atoms with Crippen LogP contribution in [0.4, 0.5) is 5.82 Å². The molecule has 1 aromatic carbocycles. The van der Waals surface area contributed by atoms with Crippen LogP contribution in [-0.2, 0) is 7.05 Å². The second-order valence-corrected chi connectivity index (χ2v) is 6.37. The molecule has 1 atom stereocenters. The molecular weight excluding hydrogens is 364 g/mol. The Balaban J connectivity index is 2.01. The van der Waals surface area contributed by atoms with E-state index in [4.69, 9.17) is 14.2 Å². The first-order valence-electron chi connectivity index (χ1n) is 8.56. The molecule has 1 amide bonds. The molecule has 0 saturated carbocycles. The van der Waals surface area contributed by atoms with Crippen LogP contribution in [0.2, 0.25) is 0 Å². The highest BCUT2D eigenvalue weighted by Gasteiger charge is 2.36. The van der Waals surface area contributed by atoms with Gasteiger partial charge in [-0.1, -0.05) is 6.08 Å². The number of carbonyl (C=O) groups excluding carboxylic acids is 1. The summed E-state index contributed by atoms with van der Waals surface area (Å²) in [5, 5.41) is 10.2. The summed E-state index contributed by atoms with van der Waals surface area (Å²) < 4.78 is 17.8. The second-order valence-electron chi connectivity index (χ2n) is 6.37. The van der Waals surface area contributed by atoms with Gasteiger partial charge in [-0.15, -0.1) is 0 Å². The van der Waals surface area contributed by atoms with E-state index in [9.17, 15) is 9.90 Å². The Labute approximate surface area is 163 Å². The van der Waals surface area contributed by atoms with Crippen molar-refractivity contribution in [3.8, 4) is 17.2 Å². The van der Waals surface area contributed by atoms with Crippen LogP contribution in [0.15, 0.2) is 12.1 Å². The lowest BCUT2D eigenvalue weighted by Crippen LogP contribution is -2.52. The van der Waals surface area contributed by atoms with E-state index in [2.05, 4.69) is 4.98 Å². The van der Waals surface area contributed by atoms with Gasteiger partial charge in [-0.05, 0) is 23.8 Å². The van der Waals surface area contributed by atoms with Gasteiger partial charge in [-0.3, -0.25) is 9.69 Å². The number of amides is 1. The molecule has 0 bridgehead atoms. The normalized spacial score (nSPS) is 16.5. The van der Waals surface area contributed by atoms with Crippen LogP contribution < -0.4 is 19.1 Å². The van der Waals surface area contributed by atoms with Gasteiger partial charge in [0.2, 0.25) is 12.1 Å². The summed E-state index contributed by atoms with van der Waals surface area (Å²) in [5.41, 5.74) is 1.23. The number of aliphatic hydroxyl groups excluding tert-OH is 1. The number of rotatable bonds is 5. The fourth-order valence-corrected chi connectivity index (χ4v) is 3.14. The quantitative estimate of drug-likeness (QED) is 0.828. The van der Waals surface area contributed by atoms with E-state index in [1.165, 1.54) is 4.90 Å². The third-order valence-electron chi connectivity index (χ3n) is 4.77. The van der Waals surface area contributed by atoms with Crippen molar-refractivity contribution in [1.29, 1.82) is 0 Å². The molecular formula is C19H24N4O5. The zero-order chi connectivity index (χ0) is 20.6. The lowest BCUT2D eigenvalue weighted by atomic mass is 10.1. The third-order valence-corrected chi connectivity index (χ3v) is 4.77. The van der Waals surface area contributed by atoms with E-state index in [-0.39, 0.29) is 5.91 Å². The SMILES string of the molecule is COc1cc(/C=C/c2nc3c(n2C)C(=O)N(C)C(O)N3C)cc(OC)c1OC. The molecule has 0 aliphatic carbocycles. The average molecular weight is 388 g/mol. The molecule has 1 aromatic heterocycles. The van der Waals surface area contributed by atoms with Crippen LogP contribution in [0.5, 0.6) is 17.2 Å². The standard InChI is InChI=1S/C19H24N4O5/c1-21-14(20-17-15(21)18(24)23(3)19(25)22(17)2)8-7-11-9-12(26-4)16(28-6)13(10-11)27-5/h7-10,19,25H,1-6H3/b8-7+. The maximum atomic E-state index is 12.5. The number of imidazole rings is 1. The molecule has 2 heterocycles. The van der Waals surface area contributed by atoms with Gasteiger partial charge in [0.25, 0.3) is 5.91 Å². The summed E-state index contributed by atoms with van der Waals surface area (Å²) in [5.74, 6) is 2.31. The highest BCUT2D eigenvalue weighted by Crippen LogP contribution is 2.38. The Kier molecular flexibility index (Phi) is 5.19. The van der Waals surface area contributed by atoms with E-state index in [1.807, 2.05) is 18.2 Å². The summed E-state index contributed by atoms with van der Waals surface area (Å²) in [6, 6.07) is 3.63. The number of aromatic nitrogens is 2. The topological polar surface area (TPSA) is 89.3 Å². The van der Waals surface area contributed by atoms with Crippen LogP contribution in [0.25, 0.3) is 12.2 Å². The minimum absolute atomic E-state index is 0.289. The molecule has 1 aliphatic heterocycles. The molecule has 1 aliphatic rings. The molecule has 9 nitrogen and oxygen atoms in total. The Hall–Kier alpha value is -3.20. The lowest BCUT2D eigenvalue weighted by molar-refractivity contribution is 0.0153. The maximum Gasteiger partial charge on any atom is 0.277 e. The molecule has 3 rings (SSSR count). The summed E-state index contributed by atoms with van der Waals surface area (Å²) in [4.78, 5) is 19.8. The second kappa shape index (κ2) is 7.43. The van der Waals surface area contributed by atoms with Gasteiger partial charge >= 0.3 is 0 Å². The fourth-order valence-electron chi connectivity index (χ4n) is 3.14. The smallest absolute Gasteiger partial charge is 0.277 e. The Morgan fingerprint density at radius 3 is 2.14 bits per heavy atom. The number of hydrogen-bond donors (Lipinski definition) is 1. The highest BCUT2D eigenvalue weighted by molar-refractivity contribution is 5.99. The number of aliphatic hydroxyl groups is 1. The third kappa shape index (κ3) is 3.03. The van der Waals surface area contributed by atoms with Crippen LogP contribution in [0.3, 0.4) is 0 Å². The number of benzene rings is 1. The van der Waals surface area contributed by atoms with E-state index in [1.54, 1.807) is 58.0 Å². The number of nitrogens with zero attached hydrogens (tertiary/aromatic N) is 4. The Morgan fingerprint density at radius 2 is 1.61 bits per heavy atom. The van der Waals surface area contributed by atoms with Gasteiger partial charge in [0.15, 0.2) is 23.0 Å². The summed E-state index contributed by atoms with van der Waals surface area (Å²) >= 11 is 0. The van der Waals surface area contributed by atoms with Gasteiger partial charge in [0.1, 0.15) is 5.82 Å². The fraction of sp³-hybridized carbons (Fsp3) is 0.368. The zero-order valence-corrected chi connectivity index (χ0v) is 16.8. The lowest BCUT2D eigenvalue weighted by Gasteiger charge is -2.36. The minimum Gasteiger partial charge on any atom is -0.493 e. The molecule has 2 aromatic rings. The van der Waals surface area contributed by atoms with Crippen molar-refractivity contribution in [2.75, 3.05) is 40.3 Å². The molecule has 0 saturated heterocycles. The number of fused-ring (bicyclic) bond motifs is 1. The number of hydrogen-bond acceptors (Lipinski definition) is 7. The van der Waals surface area contributed by atoms with E-state index >= 15 is 0 Å². The first-order chi connectivity index (χ1) is 13.3. The largest absolute Gasteiger partial charge is 0.493 e. The van der Waals surface area contributed by atoms with Crippen molar-refractivity contribution in [3.63, 3.8) is 0 Å². The molecule has 9 heteroatoms. The molecule has 1 N–H and O–H groups in total. The Bertz CT molecular complexity index is 912. The summed E-state index contributed by atoms with van der Waals surface area (Å²) in [6.45, 7) is 0. The van der Waals surface area contributed by atoms with E-state index < -0.39 is 6.35 Å². The number of methoxy groups -OCH3 is 3. The van der Waals surface area contributed by atoms with Crippen molar-refractivity contribution in [2.45, 2.75) is 6.35 Å². The molecule has 0 spiro atoms. The predicted molar refractivity (Wildman–Crippen MR) is 105 cm³/mol. The van der Waals surface area contributed by atoms with Crippen molar-refractivity contribution < 1.29 is 24.1 Å². The van der Waals surface area contributed by atoms with Crippen molar-refractivity contribution in [2.24, 2.45) is 7.05 Å². The summed E-state index contributed by atoms with van der Waals surface area (Å²) in [7, 11) is 9.66. The zero-order valence-electron chi connectivity index (χ0n) is 16.8. The maximum absolute atomic E-state index is 12.5. The predicted octanol–water partition coefficient (Wildman–Crippen LogP) is 1.41. The highest BCUT2D eigenvalue weighted by atomic mass is 16.5. The molecule has 0 radical (unpaired) electrons.